The van der Waals surface area contributed by atoms with E-state index in [0.29, 0.717) is 39.8 Å². The van der Waals surface area contributed by atoms with E-state index in [1.54, 1.807) is 42.5 Å². The van der Waals surface area contributed by atoms with Crippen LogP contribution in [0, 0.1) is 13.8 Å². The van der Waals surface area contributed by atoms with E-state index in [1.807, 2.05) is 32.9 Å². The van der Waals surface area contributed by atoms with Crippen LogP contribution in [0.15, 0.2) is 63.8 Å². The van der Waals surface area contributed by atoms with Crippen molar-refractivity contribution in [1.82, 2.24) is 0 Å². The highest BCUT2D eigenvalue weighted by molar-refractivity contribution is 6.05. The number of carbonyl (C=O) groups is 1. The van der Waals surface area contributed by atoms with Crippen molar-refractivity contribution in [2.75, 3.05) is 11.9 Å². The first-order valence-electron chi connectivity index (χ1n) is 9.98. The van der Waals surface area contributed by atoms with Crippen LogP contribution in [0.25, 0.3) is 21.9 Å². The molecule has 0 radical (unpaired) electrons. The fourth-order valence-electron chi connectivity index (χ4n) is 3.51. The molecule has 0 unspecified atom stereocenters. The highest BCUT2D eigenvalue weighted by Crippen LogP contribution is 2.25. The van der Waals surface area contributed by atoms with Gasteiger partial charge in [-0.05, 0) is 73.9 Å². The molecule has 1 aromatic heterocycles. The van der Waals surface area contributed by atoms with E-state index < -0.39 is 0 Å². The summed E-state index contributed by atoms with van der Waals surface area (Å²) in [5, 5.41) is 3.92. The van der Waals surface area contributed by atoms with Crippen LogP contribution in [-0.4, -0.2) is 12.5 Å². The lowest BCUT2D eigenvalue weighted by Crippen LogP contribution is -2.12. The van der Waals surface area contributed by atoms with E-state index >= 15 is 0 Å². The van der Waals surface area contributed by atoms with E-state index in [2.05, 4.69) is 5.32 Å². The minimum absolute atomic E-state index is 0.0707. The van der Waals surface area contributed by atoms with E-state index in [1.165, 1.54) is 0 Å². The summed E-state index contributed by atoms with van der Waals surface area (Å²) >= 11 is 0. The van der Waals surface area contributed by atoms with Gasteiger partial charge in [0.15, 0.2) is 0 Å². The van der Waals surface area contributed by atoms with Crippen LogP contribution >= 0.6 is 0 Å². The number of benzene rings is 3. The highest BCUT2D eigenvalue weighted by atomic mass is 16.5. The van der Waals surface area contributed by atoms with Gasteiger partial charge in [-0.3, -0.25) is 9.59 Å². The zero-order valence-electron chi connectivity index (χ0n) is 17.2. The normalized spacial score (nSPS) is 11.0. The fourth-order valence-corrected chi connectivity index (χ4v) is 3.51. The van der Waals surface area contributed by atoms with Crippen molar-refractivity contribution in [1.29, 1.82) is 0 Å². The van der Waals surface area contributed by atoms with Gasteiger partial charge in [-0.2, -0.15) is 0 Å². The number of hydrogen-bond donors (Lipinski definition) is 1. The largest absolute Gasteiger partial charge is 0.494 e. The van der Waals surface area contributed by atoms with E-state index in [4.69, 9.17) is 9.15 Å². The van der Waals surface area contributed by atoms with Crippen LogP contribution in [0.5, 0.6) is 5.75 Å². The van der Waals surface area contributed by atoms with Gasteiger partial charge in [-0.1, -0.05) is 13.0 Å². The SMILES string of the molecule is CCCOc1ccc(C(=O)Nc2ccc3c(=O)c4cc(C)cc(C)c4oc3c2)cc1. The van der Waals surface area contributed by atoms with Crippen molar-refractivity contribution in [3.63, 3.8) is 0 Å². The number of nitrogens with one attached hydrogen (secondary N) is 1. The van der Waals surface area contributed by atoms with Gasteiger partial charge in [0.1, 0.15) is 16.9 Å². The van der Waals surface area contributed by atoms with Crippen molar-refractivity contribution < 1.29 is 13.9 Å². The number of anilines is 1. The fraction of sp³-hybridized carbons (Fsp3) is 0.200. The van der Waals surface area contributed by atoms with Crippen LogP contribution in [0.2, 0.25) is 0 Å². The Balaban J connectivity index is 1.64. The standard InChI is InChI=1S/C25H23NO4/c1-4-11-29-19-8-5-17(6-9-19)25(28)26-18-7-10-20-22(14-18)30-24-16(3)12-15(2)13-21(24)23(20)27/h5-10,12-14H,4,11H2,1-3H3,(H,26,28). The molecule has 0 aliphatic carbocycles. The summed E-state index contributed by atoms with van der Waals surface area (Å²) in [5.74, 6) is 0.490. The maximum absolute atomic E-state index is 12.9. The number of rotatable bonds is 5. The van der Waals surface area contributed by atoms with E-state index in [9.17, 15) is 9.59 Å². The smallest absolute Gasteiger partial charge is 0.255 e. The average molecular weight is 401 g/mol. The summed E-state index contributed by atoms with van der Waals surface area (Å²) in [6.45, 7) is 6.56. The Labute approximate surface area is 174 Å². The molecule has 1 amide bonds. The van der Waals surface area contributed by atoms with Crippen LogP contribution < -0.4 is 15.5 Å². The van der Waals surface area contributed by atoms with Crippen molar-refractivity contribution in [2.24, 2.45) is 0 Å². The molecule has 0 bridgehead atoms. The van der Waals surface area contributed by atoms with Crippen molar-refractivity contribution >= 4 is 33.5 Å². The van der Waals surface area contributed by atoms with Crippen molar-refractivity contribution in [2.45, 2.75) is 27.2 Å². The Morgan fingerprint density at radius 1 is 1.00 bits per heavy atom. The number of ether oxygens (including phenoxy) is 1. The lowest BCUT2D eigenvalue weighted by molar-refractivity contribution is 0.102. The average Bonchev–Trinajstić information content (AvgIpc) is 2.73. The van der Waals surface area contributed by atoms with Crippen molar-refractivity contribution in [3.05, 3.63) is 81.5 Å². The molecular weight excluding hydrogens is 378 g/mol. The number of hydrogen-bond acceptors (Lipinski definition) is 4. The second-order valence-electron chi connectivity index (χ2n) is 7.43. The first-order chi connectivity index (χ1) is 14.5. The second kappa shape index (κ2) is 8.03. The van der Waals surface area contributed by atoms with Crippen LogP contribution in [0.1, 0.15) is 34.8 Å². The molecule has 4 rings (SSSR count). The Morgan fingerprint density at radius 3 is 2.50 bits per heavy atom. The summed E-state index contributed by atoms with van der Waals surface area (Å²) in [7, 11) is 0. The molecule has 5 nitrogen and oxygen atoms in total. The molecule has 0 spiro atoms. The monoisotopic (exact) mass is 401 g/mol. The predicted molar refractivity (Wildman–Crippen MR) is 120 cm³/mol. The van der Waals surface area contributed by atoms with E-state index in [-0.39, 0.29) is 11.3 Å². The summed E-state index contributed by atoms with van der Waals surface area (Å²) in [4.78, 5) is 25.5. The molecule has 0 saturated carbocycles. The Hall–Kier alpha value is -3.60. The van der Waals surface area contributed by atoms with Gasteiger partial charge in [0, 0.05) is 17.3 Å². The number of aryl methyl sites for hydroxylation is 2. The molecule has 152 valence electrons. The zero-order valence-corrected chi connectivity index (χ0v) is 17.2. The van der Waals surface area contributed by atoms with Gasteiger partial charge >= 0.3 is 0 Å². The molecule has 0 aliphatic rings. The third-order valence-electron chi connectivity index (χ3n) is 4.95. The molecule has 0 atom stereocenters. The van der Waals surface area contributed by atoms with Crippen LogP contribution in [0.3, 0.4) is 0 Å². The topological polar surface area (TPSA) is 68.5 Å². The number of fused-ring (bicyclic) bond motifs is 2. The van der Waals surface area contributed by atoms with Gasteiger partial charge in [0.2, 0.25) is 5.43 Å². The summed E-state index contributed by atoms with van der Waals surface area (Å²) in [5.41, 5.74) is 3.95. The first-order valence-corrected chi connectivity index (χ1v) is 9.98. The zero-order chi connectivity index (χ0) is 21.3. The maximum atomic E-state index is 12.9. The molecular formula is C25H23NO4. The summed E-state index contributed by atoms with van der Waals surface area (Å²) in [6.07, 6.45) is 0.925. The molecule has 1 heterocycles. The van der Waals surface area contributed by atoms with Gasteiger partial charge in [-0.15, -0.1) is 0 Å². The maximum Gasteiger partial charge on any atom is 0.255 e. The molecule has 30 heavy (non-hydrogen) atoms. The summed E-state index contributed by atoms with van der Waals surface area (Å²) < 4.78 is 11.6. The van der Waals surface area contributed by atoms with Gasteiger partial charge in [-0.25, -0.2) is 0 Å². The molecule has 1 N–H and O–H groups in total. The Morgan fingerprint density at radius 2 is 1.77 bits per heavy atom. The van der Waals surface area contributed by atoms with E-state index in [0.717, 1.165) is 23.3 Å². The molecule has 0 fully saturated rings. The minimum atomic E-state index is -0.244. The molecule has 0 saturated heterocycles. The third-order valence-corrected chi connectivity index (χ3v) is 4.95. The lowest BCUT2D eigenvalue weighted by Gasteiger charge is -2.09. The number of amides is 1. The predicted octanol–water partition coefficient (Wildman–Crippen LogP) is 5.60. The molecule has 5 heteroatoms. The Bertz CT molecular complexity index is 1300. The Kier molecular flexibility index (Phi) is 5.27. The quantitative estimate of drug-likeness (QED) is 0.442. The number of carbonyl (C=O) groups excluding carboxylic acids is 1. The second-order valence-corrected chi connectivity index (χ2v) is 7.43. The molecule has 4 aromatic rings. The molecule has 0 aliphatic heterocycles. The molecule has 3 aromatic carbocycles. The lowest BCUT2D eigenvalue weighted by atomic mass is 10.1. The first kappa shape index (κ1) is 19.7. The van der Waals surface area contributed by atoms with Crippen LogP contribution in [-0.2, 0) is 0 Å². The van der Waals surface area contributed by atoms with Crippen LogP contribution in [0.4, 0.5) is 5.69 Å². The minimum Gasteiger partial charge on any atom is -0.494 e. The van der Waals surface area contributed by atoms with Gasteiger partial charge in [0.05, 0.1) is 17.4 Å². The highest BCUT2D eigenvalue weighted by Gasteiger charge is 2.12. The van der Waals surface area contributed by atoms with Gasteiger partial charge < -0.3 is 14.5 Å². The van der Waals surface area contributed by atoms with Gasteiger partial charge in [0.25, 0.3) is 5.91 Å². The van der Waals surface area contributed by atoms with Crippen molar-refractivity contribution in [3.8, 4) is 5.75 Å². The summed E-state index contributed by atoms with van der Waals surface area (Å²) in [6, 6.07) is 15.9. The third kappa shape index (κ3) is 3.79.